The molecule has 1 heterocycles. The number of carbonyl (C=O) groups is 1. The van der Waals surface area contributed by atoms with Crippen molar-refractivity contribution < 1.29 is 31.1 Å². The van der Waals surface area contributed by atoms with E-state index in [0.717, 1.165) is 4.31 Å². The third-order valence-electron chi connectivity index (χ3n) is 3.19. The van der Waals surface area contributed by atoms with Crippen molar-refractivity contribution >= 4 is 21.6 Å². The zero-order valence-electron chi connectivity index (χ0n) is 12.1. The lowest BCUT2D eigenvalue weighted by atomic mass is 10.3. The quantitative estimate of drug-likeness (QED) is 0.897. The second kappa shape index (κ2) is 6.46. The van der Waals surface area contributed by atoms with Gasteiger partial charge in [-0.05, 0) is 18.2 Å². The number of morpholine rings is 1. The van der Waals surface area contributed by atoms with Crippen LogP contribution in [0.25, 0.3) is 0 Å². The summed E-state index contributed by atoms with van der Waals surface area (Å²) in [6.45, 7) is -0.0403. The fourth-order valence-electron chi connectivity index (χ4n) is 2.13. The molecule has 0 unspecified atom stereocenters. The number of ether oxygens (including phenoxy) is 1. The van der Waals surface area contributed by atoms with Crippen LogP contribution in [-0.2, 0) is 19.6 Å². The van der Waals surface area contributed by atoms with E-state index in [2.05, 4.69) is 10.1 Å². The predicted octanol–water partition coefficient (Wildman–Crippen LogP) is 1.60. The monoisotopic (exact) mass is 352 g/mol. The van der Waals surface area contributed by atoms with Crippen molar-refractivity contribution in [1.82, 2.24) is 4.31 Å². The van der Waals surface area contributed by atoms with Crippen LogP contribution < -0.4 is 5.32 Å². The van der Waals surface area contributed by atoms with Gasteiger partial charge in [0.15, 0.2) is 6.10 Å². The first-order chi connectivity index (χ1) is 10.6. The van der Waals surface area contributed by atoms with E-state index in [1.54, 1.807) is 0 Å². The molecule has 23 heavy (non-hydrogen) atoms. The lowest BCUT2D eigenvalue weighted by Crippen LogP contribution is -2.51. The summed E-state index contributed by atoms with van der Waals surface area (Å²) in [6, 6.07) is 5.35. The van der Waals surface area contributed by atoms with Gasteiger partial charge in [-0.1, -0.05) is 6.07 Å². The van der Waals surface area contributed by atoms with E-state index < -0.39 is 28.8 Å². The van der Waals surface area contributed by atoms with Gasteiger partial charge in [0, 0.05) is 25.7 Å². The Labute approximate surface area is 131 Å². The summed E-state index contributed by atoms with van der Waals surface area (Å²) < 4.78 is 68.5. The van der Waals surface area contributed by atoms with Crippen molar-refractivity contribution in [3.8, 4) is 0 Å². The van der Waals surface area contributed by atoms with Crippen LogP contribution in [0, 0.1) is 0 Å². The van der Waals surface area contributed by atoms with E-state index in [4.69, 9.17) is 0 Å². The topological polar surface area (TPSA) is 75.7 Å². The molecule has 10 heteroatoms. The van der Waals surface area contributed by atoms with Crippen LogP contribution in [0.2, 0.25) is 0 Å². The molecule has 0 bridgehead atoms. The first kappa shape index (κ1) is 17.7. The van der Waals surface area contributed by atoms with Gasteiger partial charge >= 0.3 is 6.18 Å². The second-order valence-electron chi connectivity index (χ2n) is 4.97. The smallest absolute Gasteiger partial charge is 0.366 e. The lowest BCUT2D eigenvalue weighted by molar-refractivity contribution is -0.231. The number of carbonyl (C=O) groups excluding carboxylic acids is 1. The molecule has 6 nitrogen and oxygen atoms in total. The standard InChI is InChI=1S/C13H15F3N2O4S/c1-9(19)17-10-3-2-4-11(7-10)23(20,21)18-5-6-22-12(8-18)13(14,15)16/h2-4,7,12H,5-6,8H2,1H3,(H,17,19)/t12-/m0/s1. The zero-order valence-corrected chi connectivity index (χ0v) is 12.9. The molecule has 0 aromatic heterocycles. The van der Waals surface area contributed by atoms with Crippen LogP contribution >= 0.6 is 0 Å². The summed E-state index contributed by atoms with van der Waals surface area (Å²) in [5.41, 5.74) is 0.249. The van der Waals surface area contributed by atoms with Crippen LogP contribution in [0.3, 0.4) is 0 Å². The van der Waals surface area contributed by atoms with Crippen LogP contribution in [0.15, 0.2) is 29.2 Å². The van der Waals surface area contributed by atoms with E-state index in [9.17, 15) is 26.4 Å². The maximum atomic E-state index is 12.7. The molecule has 1 aromatic carbocycles. The number of hydrogen-bond acceptors (Lipinski definition) is 4. The average molecular weight is 352 g/mol. The van der Waals surface area contributed by atoms with Gasteiger partial charge in [0.05, 0.1) is 11.5 Å². The van der Waals surface area contributed by atoms with E-state index in [1.807, 2.05) is 0 Å². The number of sulfonamides is 1. The van der Waals surface area contributed by atoms with Crippen molar-refractivity contribution in [3.05, 3.63) is 24.3 Å². The fourth-order valence-corrected chi connectivity index (χ4v) is 3.60. The number of nitrogens with one attached hydrogen (secondary N) is 1. The van der Waals surface area contributed by atoms with E-state index >= 15 is 0 Å². The first-order valence-electron chi connectivity index (χ1n) is 6.67. The molecule has 1 aromatic rings. The van der Waals surface area contributed by atoms with Crippen molar-refractivity contribution in [1.29, 1.82) is 0 Å². The Hall–Kier alpha value is -1.65. The Bertz CT molecular complexity index is 691. The molecule has 1 aliphatic heterocycles. The second-order valence-corrected chi connectivity index (χ2v) is 6.91. The van der Waals surface area contributed by atoms with E-state index in [0.29, 0.717) is 0 Å². The number of benzene rings is 1. The summed E-state index contributed by atoms with van der Waals surface area (Å²) in [6.07, 6.45) is -6.78. The SMILES string of the molecule is CC(=O)Nc1cccc(S(=O)(=O)N2CCO[C@H](C(F)(F)F)C2)c1. The minimum absolute atomic E-state index is 0.167. The maximum absolute atomic E-state index is 12.7. The summed E-state index contributed by atoms with van der Waals surface area (Å²) in [5, 5.41) is 2.43. The Kier molecular flexibility index (Phi) is 4.97. The van der Waals surface area contributed by atoms with Gasteiger partial charge in [-0.25, -0.2) is 8.42 Å². The number of nitrogens with zero attached hydrogens (tertiary/aromatic N) is 1. The molecule has 0 aliphatic carbocycles. The minimum Gasteiger partial charge on any atom is -0.366 e. The maximum Gasteiger partial charge on any atom is 0.415 e. The molecule has 0 saturated carbocycles. The predicted molar refractivity (Wildman–Crippen MR) is 75.3 cm³/mol. The number of hydrogen-bond donors (Lipinski definition) is 1. The van der Waals surface area contributed by atoms with Gasteiger partial charge in [0.25, 0.3) is 0 Å². The molecule has 1 amide bonds. The number of alkyl halides is 3. The molecule has 1 saturated heterocycles. The Balaban J connectivity index is 2.26. The molecule has 2 rings (SSSR count). The summed E-state index contributed by atoms with van der Waals surface area (Å²) in [7, 11) is -4.11. The molecule has 0 spiro atoms. The molecular weight excluding hydrogens is 337 g/mol. The van der Waals surface area contributed by atoms with Gasteiger partial charge in [0.2, 0.25) is 15.9 Å². The van der Waals surface area contributed by atoms with Crippen molar-refractivity contribution in [3.63, 3.8) is 0 Å². The summed E-state index contributed by atoms with van der Waals surface area (Å²) in [5.74, 6) is -0.386. The van der Waals surface area contributed by atoms with Gasteiger partial charge < -0.3 is 10.1 Å². The molecule has 1 atom stereocenters. The number of amides is 1. The lowest BCUT2D eigenvalue weighted by Gasteiger charge is -2.33. The van der Waals surface area contributed by atoms with Crippen molar-refractivity contribution in [2.24, 2.45) is 0 Å². The average Bonchev–Trinajstić information content (AvgIpc) is 2.46. The highest BCUT2D eigenvalue weighted by Crippen LogP contribution is 2.28. The van der Waals surface area contributed by atoms with E-state index in [1.165, 1.54) is 31.2 Å². The third-order valence-corrected chi connectivity index (χ3v) is 5.05. The normalized spacial score (nSPS) is 20.3. The number of rotatable bonds is 3. The highest BCUT2D eigenvalue weighted by Gasteiger charge is 2.45. The minimum atomic E-state index is -4.63. The van der Waals surface area contributed by atoms with E-state index in [-0.39, 0.29) is 29.6 Å². The molecule has 0 radical (unpaired) electrons. The van der Waals surface area contributed by atoms with Gasteiger partial charge in [-0.15, -0.1) is 0 Å². The molecule has 1 fully saturated rings. The highest BCUT2D eigenvalue weighted by molar-refractivity contribution is 7.89. The molecule has 128 valence electrons. The largest absolute Gasteiger partial charge is 0.415 e. The van der Waals surface area contributed by atoms with Gasteiger partial charge in [-0.3, -0.25) is 4.79 Å². The Morgan fingerprint density at radius 1 is 1.39 bits per heavy atom. The van der Waals surface area contributed by atoms with Crippen molar-refractivity contribution in [2.75, 3.05) is 25.0 Å². The van der Waals surface area contributed by atoms with Crippen LogP contribution in [0.1, 0.15) is 6.92 Å². The molecule has 1 N–H and O–H groups in total. The van der Waals surface area contributed by atoms with Crippen LogP contribution in [-0.4, -0.2) is 50.6 Å². The van der Waals surface area contributed by atoms with Gasteiger partial charge in [-0.2, -0.15) is 17.5 Å². The van der Waals surface area contributed by atoms with Crippen LogP contribution in [0.4, 0.5) is 18.9 Å². The third kappa shape index (κ3) is 4.21. The molecular formula is C13H15F3N2O4S. The zero-order chi connectivity index (χ0) is 17.3. The Morgan fingerprint density at radius 2 is 2.09 bits per heavy atom. The highest BCUT2D eigenvalue weighted by atomic mass is 32.2. The number of halogens is 3. The molecule has 1 aliphatic rings. The van der Waals surface area contributed by atoms with Crippen LogP contribution in [0.5, 0.6) is 0 Å². The Morgan fingerprint density at radius 3 is 2.70 bits per heavy atom. The summed E-state index contributed by atoms with van der Waals surface area (Å²) >= 11 is 0. The van der Waals surface area contributed by atoms with Gasteiger partial charge in [0.1, 0.15) is 0 Å². The first-order valence-corrected chi connectivity index (χ1v) is 8.11. The summed E-state index contributed by atoms with van der Waals surface area (Å²) in [4.78, 5) is 10.8. The number of anilines is 1. The fraction of sp³-hybridized carbons (Fsp3) is 0.462. The van der Waals surface area contributed by atoms with Crippen molar-refractivity contribution in [2.45, 2.75) is 24.1 Å².